The van der Waals surface area contributed by atoms with Crippen molar-refractivity contribution in [3.05, 3.63) is 35.0 Å². The molecular weight excluding hydrogens is 276 g/mol. The molecule has 2 heterocycles. The smallest absolute Gasteiger partial charge is 0.270 e. The van der Waals surface area contributed by atoms with Crippen molar-refractivity contribution in [2.24, 2.45) is 5.92 Å². The van der Waals surface area contributed by atoms with Crippen LogP contribution < -0.4 is 0 Å². The highest BCUT2D eigenvalue weighted by molar-refractivity contribution is 6.01. The molecule has 3 rings (SSSR count). The molecule has 2 atom stereocenters. The molecule has 0 radical (unpaired) electrons. The van der Waals surface area contributed by atoms with Crippen molar-refractivity contribution >= 4 is 16.8 Å². The van der Waals surface area contributed by atoms with E-state index in [9.17, 15) is 9.90 Å². The summed E-state index contributed by atoms with van der Waals surface area (Å²) >= 11 is 0. The van der Waals surface area contributed by atoms with Gasteiger partial charge in [0.25, 0.3) is 5.91 Å². The van der Waals surface area contributed by atoms with Crippen LogP contribution >= 0.6 is 0 Å². The molecule has 1 aromatic carbocycles. The SMILES string of the molecule is Cc1ccc2[nH]c(C(=O)N3CCCC(C(C)O)C3)c(C)c2c1. The quantitative estimate of drug-likeness (QED) is 0.895. The third-order valence-corrected chi connectivity index (χ3v) is 4.85. The zero-order valence-corrected chi connectivity index (χ0v) is 13.5. The average Bonchev–Trinajstić information content (AvgIpc) is 2.83. The second-order valence-electron chi connectivity index (χ2n) is 6.57. The van der Waals surface area contributed by atoms with E-state index in [-0.39, 0.29) is 17.9 Å². The molecule has 1 amide bonds. The van der Waals surface area contributed by atoms with Crippen molar-refractivity contribution in [1.82, 2.24) is 9.88 Å². The van der Waals surface area contributed by atoms with Crippen molar-refractivity contribution < 1.29 is 9.90 Å². The van der Waals surface area contributed by atoms with Crippen molar-refractivity contribution in [2.45, 2.75) is 39.7 Å². The fourth-order valence-corrected chi connectivity index (χ4v) is 3.40. The zero-order chi connectivity index (χ0) is 15.9. The van der Waals surface area contributed by atoms with E-state index in [1.807, 2.05) is 24.8 Å². The van der Waals surface area contributed by atoms with Gasteiger partial charge in [0, 0.05) is 29.9 Å². The molecule has 1 aliphatic rings. The number of carbonyl (C=O) groups is 1. The number of aliphatic hydroxyl groups excluding tert-OH is 1. The van der Waals surface area contributed by atoms with Gasteiger partial charge in [-0.2, -0.15) is 0 Å². The van der Waals surface area contributed by atoms with Crippen molar-refractivity contribution in [2.75, 3.05) is 13.1 Å². The molecule has 118 valence electrons. The minimum atomic E-state index is -0.359. The van der Waals surface area contributed by atoms with E-state index in [4.69, 9.17) is 0 Å². The van der Waals surface area contributed by atoms with Gasteiger partial charge < -0.3 is 15.0 Å². The number of aliphatic hydroxyl groups is 1. The first-order chi connectivity index (χ1) is 10.5. The second kappa shape index (κ2) is 5.76. The molecule has 2 unspecified atom stereocenters. The van der Waals surface area contributed by atoms with Crippen LogP contribution in [0, 0.1) is 19.8 Å². The zero-order valence-electron chi connectivity index (χ0n) is 13.5. The maximum atomic E-state index is 12.9. The van der Waals surface area contributed by atoms with E-state index in [0.717, 1.165) is 35.9 Å². The third-order valence-electron chi connectivity index (χ3n) is 4.85. The monoisotopic (exact) mass is 300 g/mol. The topological polar surface area (TPSA) is 56.3 Å². The summed E-state index contributed by atoms with van der Waals surface area (Å²) in [5.41, 5.74) is 3.91. The molecule has 0 aliphatic carbocycles. The van der Waals surface area contributed by atoms with Crippen LogP contribution in [-0.2, 0) is 0 Å². The average molecular weight is 300 g/mol. The number of hydrogen-bond acceptors (Lipinski definition) is 2. The van der Waals surface area contributed by atoms with Gasteiger partial charge in [-0.05, 0) is 51.3 Å². The lowest BCUT2D eigenvalue weighted by molar-refractivity contribution is 0.0462. The number of hydrogen-bond donors (Lipinski definition) is 2. The number of H-pyrrole nitrogens is 1. The van der Waals surface area contributed by atoms with Gasteiger partial charge in [0.2, 0.25) is 0 Å². The summed E-state index contributed by atoms with van der Waals surface area (Å²) in [7, 11) is 0. The first-order valence-electron chi connectivity index (χ1n) is 8.03. The maximum Gasteiger partial charge on any atom is 0.270 e. The number of likely N-dealkylation sites (tertiary alicyclic amines) is 1. The Morgan fingerprint density at radius 1 is 1.41 bits per heavy atom. The number of aromatic amines is 1. The summed E-state index contributed by atoms with van der Waals surface area (Å²) in [5, 5.41) is 10.9. The van der Waals surface area contributed by atoms with Crippen LogP contribution in [0.4, 0.5) is 0 Å². The number of piperidine rings is 1. The van der Waals surface area contributed by atoms with Crippen molar-refractivity contribution in [3.8, 4) is 0 Å². The number of carbonyl (C=O) groups excluding carboxylic acids is 1. The summed E-state index contributed by atoms with van der Waals surface area (Å²) in [6.07, 6.45) is 1.59. The summed E-state index contributed by atoms with van der Waals surface area (Å²) in [5.74, 6) is 0.237. The third kappa shape index (κ3) is 2.63. The first-order valence-corrected chi connectivity index (χ1v) is 8.03. The van der Waals surface area contributed by atoms with Gasteiger partial charge >= 0.3 is 0 Å². The van der Waals surface area contributed by atoms with Crippen LogP contribution in [0.2, 0.25) is 0 Å². The molecule has 1 saturated heterocycles. The molecule has 4 heteroatoms. The number of aryl methyl sites for hydroxylation is 2. The first kappa shape index (κ1) is 15.1. The summed E-state index contributed by atoms with van der Waals surface area (Å²) in [6, 6.07) is 6.20. The van der Waals surface area contributed by atoms with Gasteiger partial charge in [-0.25, -0.2) is 0 Å². The van der Waals surface area contributed by atoms with Gasteiger partial charge in [0.15, 0.2) is 0 Å². The summed E-state index contributed by atoms with van der Waals surface area (Å²) in [4.78, 5) is 18.0. The lowest BCUT2D eigenvalue weighted by Crippen LogP contribution is -2.43. The molecular formula is C18H24N2O2. The van der Waals surface area contributed by atoms with Crippen LogP contribution in [0.1, 0.15) is 41.4 Å². The second-order valence-corrected chi connectivity index (χ2v) is 6.57. The Labute approximate surface area is 131 Å². The number of fused-ring (bicyclic) bond motifs is 1. The number of benzene rings is 1. The van der Waals surface area contributed by atoms with E-state index >= 15 is 0 Å². The van der Waals surface area contributed by atoms with Crippen molar-refractivity contribution in [3.63, 3.8) is 0 Å². The number of nitrogens with zero attached hydrogens (tertiary/aromatic N) is 1. The standard InChI is InChI=1S/C18H24N2O2/c1-11-6-7-16-15(9-11)12(2)17(19-16)18(22)20-8-4-5-14(10-20)13(3)21/h6-7,9,13-14,19,21H,4-5,8,10H2,1-3H3. The Bertz CT molecular complexity index is 702. The molecule has 1 fully saturated rings. The Balaban J connectivity index is 1.90. The molecule has 2 N–H and O–H groups in total. The van der Waals surface area contributed by atoms with Gasteiger partial charge in [0.1, 0.15) is 5.69 Å². The molecule has 1 aliphatic heterocycles. The van der Waals surface area contributed by atoms with Gasteiger partial charge in [-0.1, -0.05) is 11.6 Å². The molecule has 22 heavy (non-hydrogen) atoms. The Kier molecular flexibility index (Phi) is 3.96. The summed E-state index contributed by atoms with van der Waals surface area (Å²) < 4.78 is 0. The van der Waals surface area contributed by atoms with Crippen LogP contribution in [0.5, 0.6) is 0 Å². The lowest BCUT2D eigenvalue weighted by atomic mass is 9.93. The van der Waals surface area contributed by atoms with E-state index < -0.39 is 0 Å². The van der Waals surface area contributed by atoms with Gasteiger partial charge in [-0.3, -0.25) is 4.79 Å². The van der Waals surface area contributed by atoms with Gasteiger partial charge in [-0.15, -0.1) is 0 Å². The number of aromatic nitrogens is 1. The highest BCUT2D eigenvalue weighted by atomic mass is 16.3. The molecule has 4 nitrogen and oxygen atoms in total. The van der Waals surface area contributed by atoms with Crippen molar-refractivity contribution in [1.29, 1.82) is 0 Å². The Morgan fingerprint density at radius 3 is 2.91 bits per heavy atom. The van der Waals surface area contributed by atoms with E-state index in [0.29, 0.717) is 12.2 Å². The van der Waals surface area contributed by atoms with E-state index in [1.54, 1.807) is 0 Å². The number of nitrogens with one attached hydrogen (secondary N) is 1. The fraction of sp³-hybridized carbons (Fsp3) is 0.500. The minimum Gasteiger partial charge on any atom is -0.393 e. The number of amides is 1. The van der Waals surface area contributed by atoms with Gasteiger partial charge in [0.05, 0.1) is 6.10 Å². The highest BCUT2D eigenvalue weighted by Gasteiger charge is 2.28. The van der Waals surface area contributed by atoms with E-state index in [1.165, 1.54) is 5.56 Å². The van der Waals surface area contributed by atoms with E-state index in [2.05, 4.69) is 24.0 Å². The Hall–Kier alpha value is -1.81. The highest BCUT2D eigenvalue weighted by Crippen LogP contribution is 2.26. The largest absolute Gasteiger partial charge is 0.393 e. The minimum absolute atomic E-state index is 0.0525. The predicted octanol–water partition coefficient (Wildman–Crippen LogP) is 3.02. The maximum absolute atomic E-state index is 12.9. The molecule has 0 spiro atoms. The fourth-order valence-electron chi connectivity index (χ4n) is 3.40. The normalized spacial score (nSPS) is 20.4. The number of rotatable bonds is 2. The molecule has 0 bridgehead atoms. The van der Waals surface area contributed by atoms with Crippen LogP contribution in [0.25, 0.3) is 10.9 Å². The summed E-state index contributed by atoms with van der Waals surface area (Å²) in [6.45, 7) is 7.29. The molecule has 2 aromatic rings. The molecule has 1 aromatic heterocycles. The van der Waals surface area contributed by atoms with Crippen LogP contribution in [-0.4, -0.2) is 40.1 Å². The molecule has 0 saturated carbocycles. The lowest BCUT2D eigenvalue weighted by Gasteiger charge is -2.34. The Morgan fingerprint density at radius 2 is 2.18 bits per heavy atom. The predicted molar refractivity (Wildman–Crippen MR) is 88.1 cm³/mol. The van der Waals surface area contributed by atoms with Crippen LogP contribution in [0.15, 0.2) is 18.2 Å². The van der Waals surface area contributed by atoms with Crippen LogP contribution in [0.3, 0.4) is 0 Å².